The van der Waals surface area contributed by atoms with Gasteiger partial charge >= 0.3 is 0 Å². The van der Waals surface area contributed by atoms with E-state index in [1.807, 2.05) is 37.1 Å². The molecule has 25 heavy (non-hydrogen) atoms. The second kappa shape index (κ2) is 7.47. The van der Waals surface area contributed by atoms with Gasteiger partial charge in [-0.1, -0.05) is 24.8 Å². The molecular formula is C20H24N4O. The van der Waals surface area contributed by atoms with Crippen molar-refractivity contribution in [2.45, 2.75) is 32.6 Å². The molecule has 5 heteroatoms. The standard InChI is InChI=1S/C20H24N4O/c1-4-6-7-15(5-2)20(25)24-12-9-16(10-13-24)17-8-11-21-19-18(17)22-14(3)23-19/h4-8,11,16H,1,9-10,12-13H2,2-3H3,(H,21,22,23)/b7-6-,15-5+. The SMILES string of the molecule is C=C/C=C\C(=C/C)C(=O)N1CCC(c2ccnc3nc(C)[nH]c23)CC1. The maximum absolute atomic E-state index is 12.6. The minimum Gasteiger partial charge on any atom is -0.341 e. The number of H-pyrrole nitrogens is 1. The van der Waals surface area contributed by atoms with E-state index in [1.54, 1.807) is 12.2 Å². The Morgan fingerprint density at radius 1 is 1.40 bits per heavy atom. The average molecular weight is 336 g/mol. The van der Waals surface area contributed by atoms with Crippen LogP contribution in [0.4, 0.5) is 0 Å². The van der Waals surface area contributed by atoms with Crippen molar-refractivity contribution in [3.05, 3.63) is 60.1 Å². The Labute approximate surface area is 148 Å². The van der Waals surface area contributed by atoms with E-state index in [4.69, 9.17) is 0 Å². The van der Waals surface area contributed by atoms with Gasteiger partial charge in [-0.05, 0) is 50.3 Å². The summed E-state index contributed by atoms with van der Waals surface area (Å²) in [6.07, 6.45) is 10.9. The first kappa shape index (κ1) is 17.1. The summed E-state index contributed by atoms with van der Waals surface area (Å²) in [5.74, 6) is 1.40. The number of amides is 1. The highest BCUT2D eigenvalue weighted by Gasteiger charge is 2.26. The summed E-state index contributed by atoms with van der Waals surface area (Å²) in [5, 5.41) is 0. The predicted octanol–water partition coefficient (Wildman–Crippen LogP) is 3.66. The van der Waals surface area contributed by atoms with Gasteiger partial charge in [0.15, 0.2) is 5.65 Å². The molecule has 0 bridgehead atoms. The largest absolute Gasteiger partial charge is 0.341 e. The summed E-state index contributed by atoms with van der Waals surface area (Å²) in [5.41, 5.74) is 3.79. The van der Waals surface area contributed by atoms with Crippen LogP contribution in [0.3, 0.4) is 0 Å². The van der Waals surface area contributed by atoms with Gasteiger partial charge in [0.1, 0.15) is 5.82 Å². The van der Waals surface area contributed by atoms with Crippen LogP contribution in [0.1, 0.15) is 37.1 Å². The smallest absolute Gasteiger partial charge is 0.253 e. The zero-order chi connectivity index (χ0) is 17.8. The van der Waals surface area contributed by atoms with E-state index in [9.17, 15) is 4.79 Å². The highest BCUT2D eigenvalue weighted by atomic mass is 16.2. The van der Waals surface area contributed by atoms with Crippen LogP contribution in [0.5, 0.6) is 0 Å². The topological polar surface area (TPSA) is 61.9 Å². The van der Waals surface area contributed by atoms with Crippen molar-refractivity contribution in [2.24, 2.45) is 0 Å². The number of allylic oxidation sites excluding steroid dienone is 3. The lowest BCUT2D eigenvalue weighted by molar-refractivity contribution is -0.127. The van der Waals surface area contributed by atoms with Gasteiger partial charge in [0.2, 0.25) is 0 Å². The normalized spacial score (nSPS) is 16.7. The summed E-state index contributed by atoms with van der Waals surface area (Å²) in [4.78, 5) is 26.7. The van der Waals surface area contributed by atoms with Crippen LogP contribution in [0.2, 0.25) is 0 Å². The van der Waals surface area contributed by atoms with E-state index >= 15 is 0 Å². The minimum atomic E-state index is 0.0938. The highest BCUT2D eigenvalue weighted by molar-refractivity contribution is 5.96. The molecule has 1 N–H and O–H groups in total. The number of carbonyl (C=O) groups is 1. The van der Waals surface area contributed by atoms with Crippen LogP contribution in [-0.2, 0) is 4.79 Å². The van der Waals surface area contributed by atoms with Crippen molar-refractivity contribution in [2.75, 3.05) is 13.1 Å². The lowest BCUT2D eigenvalue weighted by atomic mass is 9.89. The quantitative estimate of drug-likeness (QED) is 0.684. The molecular weight excluding hydrogens is 312 g/mol. The number of nitrogens with one attached hydrogen (secondary N) is 1. The molecule has 5 nitrogen and oxygen atoms in total. The molecule has 1 aliphatic rings. The molecule has 130 valence electrons. The molecule has 0 atom stereocenters. The maximum Gasteiger partial charge on any atom is 0.253 e. The molecule has 2 aromatic heterocycles. The van der Waals surface area contributed by atoms with Crippen LogP contribution < -0.4 is 0 Å². The number of piperidine rings is 1. The molecule has 1 aliphatic heterocycles. The Bertz CT molecular complexity index is 838. The number of hydrogen-bond acceptors (Lipinski definition) is 3. The van der Waals surface area contributed by atoms with Crippen LogP contribution >= 0.6 is 0 Å². The summed E-state index contributed by atoms with van der Waals surface area (Å²) in [6.45, 7) is 9.02. The molecule has 0 spiro atoms. The lowest BCUT2D eigenvalue weighted by Crippen LogP contribution is -2.38. The van der Waals surface area contributed by atoms with Crippen LogP contribution in [0.25, 0.3) is 11.2 Å². The van der Waals surface area contributed by atoms with Gasteiger partial charge in [-0.2, -0.15) is 0 Å². The number of pyridine rings is 1. The predicted molar refractivity (Wildman–Crippen MR) is 100 cm³/mol. The molecule has 0 aliphatic carbocycles. The fraction of sp³-hybridized carbons (Fsp3) is 0.350. The Hall–Kier alpha value is -2.69. The van der Waals surface area contributed by atoms with Gasteiger partial charge in [0.25, 0.3) is 5.91 Å². The molecule has 0 unspecified atom stereocenters. The number of likely N-dealkylation sites (tertiary alicyclic amines) is 1. The van der Waals surface area contributed by atoms with Crippen molar-refractivity contribution in [3.63, 3.8) is 0 Å². The van der Waals surface area contributed by atoms with Crippen LogP contribution in [-0.4, -0.2) is 38.8 Å². The first-order chi connectivity index (χ1) is 12.1. The van der Waals surface area contributed by atoms with Crippen molar-refractivity contribution in [3.8, 4) is 0 Å². The van der Waals surface area contributed by atoms with Crippen molar-refractivity contribution >= 4 is 17.1 Å². The highest BCUT2D eigenvalue weighted by Crippen LogP contribution is 2.32. The molecule has 2 aromatic rings. The molecule has 0 saturated carbocycles. The van der Waals surface area contributed by atoms with Gasteiger partial charge in [0.05, 0.1) is 5.52 Å². The van der Waals surface area contributed by atoms with Gasteiger partial charge in [-0.25, -0.2) is 9.97 Å². The Morgan fingerprint density at radius 3 is 2.84 bits per heavy atom. The van der Waals surface area contributed by atoms with E-state index in [1.165, 1.54) is 5.56 Å². The van der Waals surface area contributed by atoms with Crippen LogP contribution in [0, 0.1) is 6.92 Å². The molecule has 3 heterocycles. The number of hydrogen-bond donors (Lipinski definition) is 1. The molecule has 1 amide bonds. The number of aromatic amines is 1. The molecule has 0 radical (unpaired) electrons. The second-order valence-electron chi connectivity index (χ2n) is 6.33. The van der Waals surface area contributed by atoms with Crippen molar-refractivity contribution in [1.29, 1.82) is 0 Å². The van der Waals surface area contributed by atoms with Crippen molar-refractivity contribution < 1.29 is 4.79 Å². The van der Waals surface area contributed by atoms with E-state index in [0.717, 1.165) is 42.9 Å². The number of rotatable bonds is 4. The van der Waals surface area contributed by atoms with E-state index in [-0.39, 0.29) is 5.91 Å². The monoisotopic (exact) mass is 336 g/mol. The van der Waals surface area contributed by atoms with Gasteiger partial charge in [0, 0.05) is 24.9 Å². The number of carbonyl (C=O) groups excluding carboxylic acids is 1. The van der Waals surface area contributed by atoms with Gasteiger partial charge in [-0.3, -0.25) is 4.79 Å². The second-order valence-corrected chi connectivity index (χ2v) is 6.33. The summed E-state index contributed by atoms with van der Waals surface area (Å²) >= 11 is 0. The molecule has 0 aromatic carbocycles. The summed E-state index contributed by atoms with van der Waals surface area (Å²) in [7, 11) is 0. The molecule has 3 rings (SSSR count). The fourth-order valence-corrected chi connectivity index (χ4v) is 3.42. The third-order valence-electron chi connectivity index (χ3n) is 4.73. The first-order valence-electron chi connectivity index (χ1n) is 8.70. The van der Waals surface area contributed by atoms with E-state index < -0.39 is 0 Å². The number of aryl methyl sites for hydroxylation is 1. The van der Waals surface area contributed by atoms with Crippen LogP contribution in [0.15, 0.2) is 48.7 Å². The van der Waals surface area contributed by atoms with E-state index in [2.05, 4.69) is 27.6 Å². The Balaban J connectivity index is 1.72. The zero-order valence-corrected chi connectivity index (χ0v) is 14.8. The number of imidazole rings is 1. The fourth-order valence-electron chi connectivity index (χ4n) is 3.42. The number of aromatic nitrogens is 3. The van der Waals surface area contributed by atoms with Gasteiger partial charge < -0.3 is 9.88 Å². The molecule has 1 saturated heterocycles. The first-order valence-corrected chi connectivity index (χ1v) is 8.70. The zero-order valence-electron chi connectivity index (χ0n) is 14.8. The summed E-state index contributed by atoms with van der Waals surface area (Å²) in [6, 6.07) is 2.08. The third kappa shape index (κ3) is 3.55. The van der Waals surface area contributed by atoms with Crippen molar-refractivity contribution in [1.82, 2.24) is 19.9 Å². The summed E-state index contributed by atoms with van der Waals surface area (Å²) < 4.78 is 0. The lowest BCUT2D eigenvalue weighted by Gasteiger charge is -2.32. The Morgan fingerprint density at radius 2 is 2.16 bits per heavy atom. The van der Waals surface area contributed by atoms with E-state index in [0.29, 0.717) is 11.5 Å². The average Bonchev–Trinajstić information content (AvgIpc) is 3.02. The minimum absolute atomic E-state index is 0.0938. The molecule has 1 fully saturated rings. The maximum atomic E-state index is 12.6. The number of nitrogens with zero attached hydrogens (tertiary/aromatic N) is 3. The third-order valence-corrected chi connectivity index (χ3v) is 4.73. The van der Waals surface area contributed by atoms with Gasteiger partial charge in [-0.15, -0.1) is 0 Å². The Kier molecular flexibility index (Phi) is 5.12. The number of fused-ring (bicyclic) bond motifs is 1.